The van der Waals surface area contributed by atoms with E-state index < -0.39 is 0 Å². The number of aromatic nitrogens is 2. The van der Waals surface area contributed by atoms with Crippen LogP contribution in [0.3, 0.4) is 0 Å². The quantitative estimate of drug-likeness (QED) is 0.575. The van der Waals surface area contributed by atoms with Gasteiger partial charge in [0.05, 0.1) is 17.8 Å². The Labute approximate surface area is 180 Å². The van der Waals surface area contributed by atoms with Crippen molar-refractivity contribution in [1.29, 1.82) is 0 Å². The van der Waals surface area contributed by atoms with E-state index in [1.165, 1.54) is 0 Å². The third-order valence-corrected chi connectivity index (χ3v) is 4.69. The van der Waals surface area contributed by atoms with Gasteiger partial charge in [0.2, 0.25) is 0 Å². The van der Waals surface area contributed by atoms with Crippen molar-refractivity contribution < 1.29 is 14.3 Å². The zero-order valence-corrected chi connectivity index (χ0v) is 17.6. The molecule has 30 heavy (non-hydrogen) atoms. The van der Waals surface area contributed by atoms with Gasteiger partial charge in [0.25, 0.3) is 11.8 Å². The zero-order chi connectivity index (χ0) is 21.5. The van der Waals surface area contributed by atoms with E-state index in [-0.39, 0.29) is 23.6 Å². The number of nitrogens with zero attached hydrogens (tertiary/aromatic N) is 2. The van der Waals surface area contributed by atoms with E-state index >= 15 is 0 Å². The second-order valence-electron chi connectivity index (χ2n) is 6.62. The van der Waals surface area contributed by atoms with Crippen LogP contribution in [0.4, 0.5) is 5.69 Å². The van der Waals surface area contributed by atoms with Crippen molar-refractivity contribution in [1.82, 2.24) is 15.1 Å². The van der Waals surface area contributed by atoms with Crippen LogP contribution >= 0.6 is 11.6 Å². The van der Waals surface area contributed by atoms with Crippen molar-refractivity contribution >= 4 is 29.1 Å². The molecule has 156 valence electrons. The first-order valence-corrected chi connectivity index (χ1v) is 9.93. The first-order chi connectivity index (χ1) is 14.5. The van der Waals surface area contributed by atoms with Gasteiger partial charge in [0.1, 0.15) is 10.9 Å². The lowest BCUT2D eigenvalue weighted by atomic mass is 10.2. The highest BCUT2D eigenvalue weighted by molar-refractivity contribution is 6.33. The Bertz CT molecular complexity index is 1030. The number of carbonyl (C=O) groups excluding carboxylic acids is 2. The van der Waals surface area contributed by atoms with Crippen molar-refractivity contribution in [3.63, 3.8) is 0 Å². The Morgan fingerprint density at radius 2 is 1.90 bits per heavy atom. The molecule has 3 aromatic rings. The summed E-state index contributed by atoms with van der Waals surface area (Å²) < 4.78 is 7.06. The second kappa shape index (κ2) is 9.93. The minimum absolute atomic E-state index is 0.0948. The van der Waals surface area contributed by atoms with Crippen LogP contribution in [0.2, 0.25) is 5.15 Å². The molecule has 8 heteroatoms. The maximum absolute atomic E-state index is 12.8. The molecule has 2 N–H and O–H groups in total. The maximum Gasteiger partial charge on any atom is 0.260 e. The summed E-state index contributed by atoms with van der Waals surface area (Å²) in [5.41, 5.74) is 2.42. The highest BCUT2D eigenvalue weighted by Gasteiger charge is 2.20. The second-order valence-corrected chi connectivity index (χ2v) is 6.98. The molecular formula is C22H23ClN4O3. The van der Waals surface area contributed by atoms with E-state index in [1.54, 1.807) is 35.9 Å². The number of hydrogen-bond donors (Lipinski definition) is 2. The van der Waals surface area contributed by atoms with Crippen LogP contribution in [0.5, 0.6) is 5.75 Å². The number of carbonyl (C=O) groups is 2. The first-order valence-electron chi connectivity index (χ1n) is 9.55. The van der Waals surface area contributed by atoms with Crippen LogP contribution in [-0.4, -0.2) is 34.7 Å². The highest BCUT2D eigenvalue weighted by atomic mass is 35.5. The molecule has 0 fully saturated rings. The fraction of sp³-hybridized carbons (Fsp3) is 0.227. The molecule has 0 aliphatic carbocycles. The Kier molecular flexibility index (Phi) is 7.08. The van der Waals surface area contributed by atoms with Gasteiger partial charge in [-0.1, -0.05) is 48.0 Å². The van der Waals surface area contributed by atoms with Gasteiger partial charge in [-0.2, -0.15) is 5.10 Å². The van der Waals surface area contributed by atoms with Crippen molar-refractivity contribution in [3.8, 4) is 5.75 Å². The minimum Gasteiger partial charge on any atom is -0.484 e. The summed E-state index contributed by atoms with van der Waals surface area (Å²) in [6.07, 6.45) is 0. The molecular weight excluding hydrogens is 404 g/mol. The van der Waals surface area contributed by atoms with Crippen LogP contribution in [0.25, 0.3) is 0 Å². The summed E-state index contributed by atoms with van der Waals surface area (Å²) in [7, 11) is 0. The first kappa shape index (κ1) is 21.4. The van der Waals surface area contributed by atoms with Crippen LogP contribution < -0.4 is 15.4 Å². The molecule has 0 aliphatic rings. The SMILES string of the molecule is CCNC(=O)COc1cccc(NC(=O)c2c(C)nn(Cc3ccccc3)c2Cl)c1. The molecule has 0 unspecified atom stereocenters. The van der Waals surface area contributed by atoms with Gasteiger partial charge in [0, 0.05) is 18.3 Å². The van der Waals surface area contributed by atoms with Crippen molar-refractivity contribution in [3.05, 3.63) is 76.6 Å². The van der Waals surface area contributed by atoms with Crippen molar-refractivity contribution in [2.45, 2.75) is 20.4 Å². The normalized spacial score (nSPS) is 10.5. The van der Waals surface area contributed by atoms with Gasteiger partial charge >= 0.3 is 0 Å². The van der Waals surface area contributed by atoms with Crippen LogP contribution in [0.1, 0.15) is 28.5 Å². The largest absolute Gasteiger partial charge is 0.484 e. The maximum atomic E-state index is 12.8. The van der Waals surface area contributed by atoms with Gasteiger partial charge in [0.15, 0.2) is 6.61 Å². The fourth-order valence-electron chi connectivity index (χ4n) is 2.93. The number of amides is 2. The lowest BCUT2D eigenvalue weighted by molar-refractivity contribution is -0.122. The fourth-order valence-corrected chi connectivity index (χ4v) is 3.25. The number of aryl methyl sites for hydroxylation is 1. The van der Waals surface area contributed by atoms with E-state index in [4.69, 9.17) is 16.3 Å². The van der Waals surface area contributed by atoms with Gasteiger partial charge < -0.3 is 15.4 Å². The summed E-state index contributed by atoms with van der Waals surface area (Å²) in [6, 6.07) is 16.6. The standard InChI is InChI=1S/C22H23ClN4O3/c1-3-24-19(28)14-30-18-11-7-10-17(12-18)25-22(29)20-15(2)26-27(21(20)23)13-16-8-5-4-6-9-16/h4-12H,3,13-14H2,1-2H3,(H,24,28)(H,25,29). The molecule has 1 heterocycles. The number of nitrogens with one attached hydrogen (secondary N) is 2. The molecule has 2 aromatic carbocycles. The predicted octanol–water partition coefficient (Wildman–Crippen LogP) is 3.66. The number of rotatable bonds is 8. The van der Waals surface area contributed by atoms with E-state index in [0.717, 1.165) is 5.56 Å². The Balaban J connectivity index is 1.70. The average Bonchev–Trinajstić information content (AvgIpc) is 3.01. The van der Waals surface area contributed by atoms with E-state index in [9.17, 15) is 9.59 Å². The summed E-state index contributed by atoms with van der Waals surface area (Å²) in [5, 5.41) is 10.2. The van der Waals surface area contributed by atoms with Crippen molar-refractivity contribution in [2.24, 2.45) is 0 Å². The molecule has 0 spiro atoms. The summed E-state index contributed by atoms with van der Waals surface area (Å²) in [5.74, 6) is -0.0977. The molecule has 0 radical (unpaired) electrons. The predicted molar refractivity (Wildman–Crippen MR) is 116 cm³/mol. The Hall–Kier alpha value is -3.32. The molecule has 0 aliphatic heterocycles. The molecule has 2 amide bonds. The molecule has 1 aromatic heterocycles. The number of hydrogen-bond acceptors (Lipinski definition) is 4. The molecule has 3 rings (SSSR count). The summed E-state index contributed by atoms with van der Waals surface area (Å²) in [6.45, 7) is 4.49. The van der Waals surface area contributed by atoms with E-state index in [0.29, 0.717) is 35.8 Å². The topological polar surface area (TPSA) is 85.2 Å². The molecule has 7 nitrogen and oxygen atoms in total. The lowest BCUT2D eigenvalue weighted by Crippen LogP contribution is -2.28. The van der Waals surface area contributed by atoms with Gasteiger partial charge in [-0.3, -0.25) is 9.59 Å². The number of halogens is 1. The smallest absolute Gasteiger partial charge is 0.260 e. The average molecular weight is 427 g/mol. The molecule has 0 saturated heterocycles. The van der Waals surface area contributed by atoms with Crippen LogP contribution in [0.15, 0.2) is 54.6 Å². The zero-order valence-electron chi connectivity index (χ0n) is 16.8. The minimum atomic E-state index is -0.363. The highest BCUT2D eigenvalue weighted by Crippen LogP contribution is 2.24. The number of ether oxygens (including phenoxy) is 1. The van der Waals surface area contributed by atoms with Crippen LogP contribution in [0, 0.1) is 6.92 Å². The number of benzene rings is 2. The lowest BCUT2D eigenvalue weighted by Gasteiger charge is -2.09. The summed E-state index contributed by atoms with van der Waals surface area (Å²) >= 11 is 6.46. The van der Waals surface area contributed by atoms with E-state index in [1.807, 2.05) is 37.3 Å². The van der Waals surface area contributed by atoms with Gasteiger partial charge in [-0.15, -0.1) is 0 Å². The molecule has 0 atom stereocenters. The van der Waals surface area contributed by atoms with Crippen LogP contribution in [-0.2, 0) is 11.3 Å². The monoisotopic (exact) mass is 426 g/mol. The molecule has 0 bridgehead atoms. The Morgan fingerprint density at radius 1 is 1.13 bits per heavy atom. The Morgan fingerprint density at radius 3 is 2.63 bits per heavy atom. The molecule has 0 saturated carbocycles. The van der Waals surface area contributed by atoms with Gasteiger partial charge in [-0.05, 0) is 31.5 Å². The summed E-state index contributed by atoms with van der Waals surface area (Å²) in [4.78, 5) is 24.4. The third-order valence-electron chi connectivity index (χ3n) is 4.30. The number of anilines is 1. The van der Waals surface area contributed by atoms with Crippen molar-refractivity contribution in [2.75, 3.05) is 18.5 Å². The third kappa shape index (κ3) is 5.39. The van der Waals surface area contributed by atoms with E-state index in [2.05, 4.69) is 15.7 Å². The number of likely N-dealkylation sites (N-methyl/N-ethyl adjacent to an activating group) is 1. The van der Waals surface area contributed by atoms with Gasteiger partial charge in [-0.25, -0.2) is 4.68 Å².